The Labute approximate surface area is 128 Å². The van der Waals surface area contributed by atoms with E-state index >= 15 is 0 Å². The van der Waals surface area contributed by atoms with Crippen molar-refractivity contribution in [1.29, 1.82) is 0 Å². The molecule has 0 heterocycles. The number of hydrogen-bond acceptors (Lipinski definition) is 2. The Morgan fingerprint density at radius 1 is 1.16 bits per heavy atom. The van der Waals surface area contributed by atoms with Gasteiger partial charge < -0.3 is 10.1 Å². The molecule has 0 aliphatic rings. The SMILES string of the molecule is CCC(NC)c1cccc(Oc2ccccc2I)c1. The molecular weight excluding hydrogens is 349 g/mol. The minimum absolute atomic E-state index is 0.374. The third-order valence-electron chi connectivity index (χ3n) is 3.08. The minimum atomic E-state index is 0.374. The largest absolute Gasteiger partial charge is 0.456 e. The van der Waals surface area contributed by atoms with Crippen molar-refractivity contribution in [3.8, 4) is 11.5 Å². The first-order valence-electron chi connectivity index (χ1n) is 6.44. The molecule has 2 aromatic carbocycles. The molecule has 2 rings (SSSR count). The van der Waals surface area contributed by atoms with E-state index in [9.17, 15) is 0 Å². The van der Waals surface area contributed by atoms with Crippen LogP contribution in [0.25, 0.3) is 0 Å². The van der Waals surface area contributed by atoms with Gasteiger partial charge in [-0.1, -0.05) is 31.2 Å². The monoisotopic (exact) mass is 367 g/mol. The molecular formula is C16H18INO. The molecule has 1 unspecified atom stereocenters. The predicted molar refractivity (Wildman–Crippen MR) is 87.8 cm³/mol. The smallest absolute Gasteiger partial charge is 0.140 e. The van der Waals surface area contributed by atoms with E-state index in [1.54, 1.807) is 0 Å². The third kappa shape index (κ3) is 3.70. The van der Waals surface area contributed by atoms with Gasteiger partial charge in [0.15, 0.2) is 0 Å². The molecule has 100 valence electrons. The maximum atomic E-state index is 5.95. The molecule has 3 heteroatoms. The van der Waals surface area contributed by atoms with Gasteiger partial charge in [0.25, 0.3) is 0 Å². The van der Waals surface area contributed by atoms with Crippen LogP contribution in [-0.4, -0.2) is 7.05 Å². The molecule has 2 nitrogen and oxygen atoms in total. The van der Waals surface area contributed by atoms with Crippen LogP contribution in [0.2, 0.25) is 0 Å². The maximum absolute atomic E-state index is 5.95. The number of ether oxygens (including phenoxy) is 1. The molecule has 0 saturated carbocycles. The van der Waals surface area contributed by atoms with Gasteiger partial charge in [-0.2, -0.15) is 0 Å². The summed E-state index contributed by atoms with van der Waals surface area (Å²) in [5.41, 5.74) is 1.26. The summed E-state index contributed by atoms with van der Waals surface area (Å²) >= 11 is 2.29. The average Bonchev–Trinajstić information content (AvgIpc) is 2.43. The lowest BCUT2D eigenvalue weighted by molar-refractivity contribution is 0.476. The number of para-hydroxylation sites is 1. The van der Waals surface area contributed by atoms with E-state index in [2.05, 4.69) is 47.0 Å². The summed E-state index contributed by atoms with van der Waals surface area (Å²) in [6, 6.07) is 16.7. The number of benzene rings is 2. The van der Waals surface area contributed by atoms with Crippen molar-refractivity contribution >= 4 is 22.6 Å². The van der Waals surface area contributed by atoms with E-state index in [1.807, 2.05) is 43.4 Å². The van der Waals surface area contributed by atoms with Crippen molar-refractivity contribution < 1.29 is 4.74 Å². The molecule has 0 radical (unpaired) electrons. The van der Waals surface area contributed by atoms with Crippen molar-refractivity contribution in [2.75, 3.05) is 7.05 Å². The van der Waals surface area contributed by atoms with Crippen LogP contribution < -0.4 is 10.1 Å². The number of rotatable bonds is 5. The molecule has 0 bridgehead atoms. The van der Waals surface area contributed by atoms with Gasteiger partial charge in [-0.05, 0) is 65.9 Å². The lowest BCUT2D eigenvalue weighted by atomic mass is 10.0. The first kappa shape index (κ1) is 14.3. The summed E-state index contributed by atoms with van der Waals surface area (Å²) in [6.07, 6.45) is 1.06. The second-order valence-corrected chi connectivity index (χ2v) is 5.52. The lowest BCUT2D eigenvalue weighted by Crippen LogP contribution is -2.14. The molecule has 0 fully saturated rings. The van der Waals surface area contributed by atoms with Gasteiger partial charge in [-0.25, -0.2) is 0 Å². The third-order valence-corrected chi connectivity index (χ3v) is 3.97. The number of halogens is 1. The second kappa shape index (κ2) is 6.91. The van der Waals surface area contributed by atoms with Gasteiger partial charge in [-0.15, -0.1) is 0 Å². The molecule has 2 aromatic rings. The Morgan fingerprint density at radius 3 is 2.63 bits per heavy atom. The van der Waals surface area contributed by atoms with Crippen LogP contribution in [0, 0.1) is 3.57 Å². The highest BCUT2D eigenvalue weighted by molar-refractivity contribution is 14.1. The molecule has 0 saturated heterocycles. The summed E-state index contributed by atoms with van der Waals surface area (Å²) in [5.74, 6) is 1.79. The van der Waals surface area contributed by atoms with E-state index in [-0.39, 0.29) is 0 Å². The van der Waals surface area contributed by atoms with Crippen LogP contribution in [0.1, 0.15) is 24.9 Å². The molecule has 0 aliphatic heterocycles. The van der Waals surface area contributed by atoms with E-state index in [4.69, 9.17) is 4.74 Å². The summed E-state index contributed by atoms with van der Waals surface area (Å²) < 4.78 is 7.07. The second-order valence-electron chi connectivity index (χ2n) is 4.35. The van der Waals surface area contributed by atoms with Crippen molar-refractivity contribution in [2.24, 2.45) is 0 Å². The van der Waals surface area contributed by atoms with E-state index in [0.717, 1.165) is 21.5 Å². The van der Waals surface area contributed by atoms with Crippen molar-refractivity contribution in [3.05, 3.63) is 57.7 Å². The normalized spacial score (nSPS) is 12.2. The summed E-state index contributed by atoms with van der Waals surface area (Å²) in [7, 11) is 1.99. The standard InChI is InChI=1S/C16H18INO/c1-3-15(18-2)12-7-6-8-13(11-12)19-16-10-5-4-9-14(16)17/h4-11,15,18H,3H2,1-2H3. The van der Waals surface area contributed by atoms with Crippen LogP contribution in [-0.2, 0) is 0 Å². The number of nitrogens with one attached hydrogen (secondary N) is 1. The summed E-state index contributed by atoms with van der Waals surface area (Å²) in [4.78, 5) is 0. The van der Waals surface area contributed by atoms with Gasteiger partial charge in [0.1, 0.15) is 11.5 Å². The van der Waals surface area contributed by atoms with Crippen molar-refractivity contribution in [2.45, 2.75) is 19.4 Å². The first-order chi connectivity index (χ1) is 9.24. The zero-order valence-corrected chi connectivity index (χ0v) is 13.3. The zero-order valence-electron chi connectivity index (χ0n) is 11.2. The molecule has 0 spiro atoms. The first-order valence-corrected chi connectivity index (χ1v) is 7.52. The van der Waals surface area contributed by atoms with Crippen molar-refractivity contribution in [1.82, 2.24) is 5.32 Å². The van der Waals surface area contributed by atoms with E-state index < -0.39 is 0 Å². The van der Waals surface area contributed by atoms with Gasteiger partial charge in [0.2, 0.25) is 0 Å². The topological polar surface area (TPSA) is 21.3 Å². The van der Waals surface area contributed by atoms with Gasteiger partial charge >= 0.3 is 0 Å². The Kier molecular flexibility index (Phi) is 5.22. The fourth-order valence-corrected chi connectivity index (χ4v) is 2.55. The molecule has 19 heavy (non-hydrogen) atoms. The van der Waals surface area contributed by atoms with E-state index in [0.29, 0.717) is 6.04 Å². The lowest BCUT2D eigenvalue weighted by Gasteiger charge is -2.15. The quantitative estimate of drug-likeness (QED) is 0.770. The van der Waals surface area contributed by atoms with E-state index in [1.165, 1.54) is 5.56 Å². The highest BCUT2D eigenvalue weighted by atomic mass is 127. The minimum Gasteiger partial charge on any atom is -0.456 e. The maximum Gasteiger partial charge on any atom is 0.140 e. The molecule has 0 aliphatic carbocycles. The van der Waals surface area contributed by atoms with Crippen LogP contribution in [0.5, 0.6) is 11.5 Å². The zero-order chi connectivity index (χ0) is 13.7. The van der Waals surface area contributed by atoms with Crippen LogP contribution in [0.3, 0.4) is 0 Å². The highest BCUT2D eigenvalue weighted by Gasteiger charge is 2.08. The van der Waals surface area contributed by atoms with Crippen molar-refractivity contribution in [3.63, 3.8) is 0 Å². The average molecular weight is 367 g/mol. The van der Waals surface area contributed by atoms with Crippen LogP contribution in [0.15, 0.2) is 48.5 Å². The Hall–Kier alpha value is -1.07. The summed E-state index contributed by atoms with van der Waals surface area (Å²) in [5, 5.41) is 3.31. The molecule has 0 aromatic heterocycles. The fourth-order valence-electron chi connectivity index (χ4n) is 2.06. The highest BCUT2D eigenvalue weighted by Crippen LogP contribution is 2.28. The Morgan fingerprint density at radius 2 is 1.95 bits per heavy atom. The van der Waals surface area contributed by atoms with Crippen LogP contribution >= 0.6 is 22.6 Å². The fraction of sp³-hybridized carbons (Fsp3) is 0.250. The predicted octanol–water partition coefficient (Wildman–Crippen LogP) is 4.75. The molecule has 1 atom stereocenters. The van der Waals surface area contributed by atoms with Gasteiger partial charge in [-0.3, -0.25) is 0 Å². The summed E-state index contributed by atoms with van der Waals surface area (Å²) in [6.45, 7) is 2.18. The Balaban J connectivity index is 2.22. The number of hydrogen-bond donors (Lipinski definition) is 1. The van der Waals surface area contributed by atoms with Crippen LogP contribution in [0.4, 0.5) is 0 Å². The molecule has 1 N–H and O–H groups in total. The van der Waals surface area contributed by atoms with Gasteiger partial charge in [0.05, 0.1) is 3.57 Å². The van der Waals surface area contributed by atoms with Gasteiger partial charge in [0, 0.05) is 6.04 Å². The molecule has 0 amide bonds. The Bertz CT molecular complexity index is 538.